The Hall–Kier alpha value is -5.45. The van der Waals surface area contributed by atoms with Gasteiger partial charge in [0.25, 0.3) is 5.91 Å². The van der Waals surface area contributed by atoms with E-state index in [4.69, 9.17) is 18.9 Å². The number of nitrogens with one attached hydrogen (secondary N) is 3. The van der Waals surface area contributed by atoms with E-state index in [1.54, 1.807) is 83.5 Å². The van der Waals surface area contributed by atoms with E-state index in [-0.39, 0.29) is 38.1 Å². The molecule has 3 heterocycles. The fourth-order valence-corrected chi connectivity index (χ4v) is 8.36. The number of pyridine rings is 1. The van der Waals surface area contributed by atoms with Gasteiger partial charge in [-0.3, -0.25) is 19.1 Å². The first-order valence-electron chi connectivity index (χ1n) is 19.0. The Kier molecular flexibility index (Phi) is 12.0. The van der Waals surface area contributed by atoms with Crippen LogP contribution >= 0.6 is 0 Å². The zero-order valence-corrected chi connectivity index (χ0v) is 33.4. The number of methoxy groups -OCH3 is 1. The number of alkyl carbamates (subject to hydrolysis) is 1. The number of sulfonamides is 1. The molecule has 0 spiro atoms. The summed E-state index contributed by atoms with van der Waals surface area (Å²) in [5, 5.41) is 6.23. The summed E-state index contributed by atoms with van der Waals surface area (Å²) in [4.78, 5) is 74.3. The van der Waals surface area contributed by atoms with Crippen LogP contribution in [0.2, 0.25) is 0 Å². The van der Waals surface area contributed by atoms with Crippen molar-refractivity contribution in [1.82, 2.24) is 25.2 Å². The van der Waals surface area contributed by atoms with Crippen molar-refractivity contribution < 1.29 is 51.3 Å². The Bertz CT molecular complexity index is 2110. The molecule has 57 heavy (non-hydrogen) atoms. The molecule has 17 heteroatoms. The molecule has 2 aliphatic carbocycles. The fraction of sp³-hybridized carbons (Fsp3) is 0.500. The van der Waals surface area contributed by atoms with Gasteiger partial charge >= 0.3 is 12.1 Å². The first-order chi connectivity index (χ1) is 27.0. The fourth-order valence-electron chi connectivity index (χ4n) is 6.99. The van der Waals surface area contributed by atoms with Gasteiger partial charge in [0.05, 0.1) is 18.9 Å². The molecular formula is C40H49N5O11S. The number of fused-ring (bicyclic) bond motifs is 3. The van der Waals surface area contributed by atoms with Crippen LogP contribution in [0.15, 0.2) is 66.9 Å². The Labute approximate surface area is 331 Å². The van der Waals surface area contributed by atoms with E-state index in [1.807, 2.05) is 6.07 Å². The normalized spacial score (nSPS) is 26.7. The summed E-state index contributed by atoms with van der Waals surface area (Å²) < 4.78 is 50.9. The third-order valence-corrected chi connectivity index (χ3v) is 11.9. The van der Waals surface area contributed by atoms with E-state index >= 15 is 0 Å². The summed E-state index contributed by atoms with van der Waals surface area (Å²) >= 11 is 0. The van der Waals surface area contributed by atoms with Crippen molar-refractivity contribution in [3.63, 3.8) is 0 Å². The maximum Gasteiger partial charge on any atom is 0.408 e. The van der Waals surface area contributed by atoms with Crippen LogP contribution < -0.4 is 24.8 Å². The molecule has 1 saturated heterocycles. The van der Waals surface area contributed by atoms with E-state index in [0.29, 0.717) is 24.0 Å². The standard InChI is InChI=1S/C40H49N5O11S/c1-6-9-33(46)54-26-11-8-7-10-25-22-40(25,37(49)44-57(51,52)29-14-15-29)43-34(47)32-21-28(55-35-30-16-12-27(53-5)20-24(30)18-19-41-35)23-45(32)36(48)31(17-13-26)42-38(50)56-39(2,3)4/h6-12,16,18-20,25-26,28-29,31-32H,13-15,17,21-23H2,1-5H3,(H,42,50)(H,43,47)(H,44,49)/t25-,26?,28-,31+,32+,40-/m1/s1. The number of rotatable bonds is 9. The van der Waals surface area contributed by atoms with Gasteiger partial charge in [0.2, 0.25) is 27.7 Å². The molecule has 306 valence electrons. The molecule has 0 bridgehead atoms. The molecule has 4 aliphatic rings. The molecule has 2 saturated carbocycles. The highest BCUT2D eigenvalue weighted by Crippen LogP contribution is 2.46. The van der Waals surface area contributed by atoms with Gasteiger partial charge in [0.1, 0.15) is 41.2 Å². The second-order valence-corrected chi connectivity index (χ2v) is 17.6. The van der Waals surface area contributed by atoms with E-state index in [0.717, 1.165) is 5.39 Å². The number of benzene rings is 1. The second-order valence-electron chi connectivity index (χ2n) is 15.7. The Morgan fingerprint density at radius 3 is 2.51 bits per heavy atom. The number of nitrogens with zero attached hydrogens (tertiary/aromatic N) is 2. The number of ether oxygens (including phenoxy) is 4. The maximum absolute atomic E-state index is 14.7. The van der Waals surface area contributed by atoms with E-state index in [9.17, 15) is 32.4 Å². The number of carbonyl (C=O) groups is 5. The van der Waals surface area contributed by atoms with Crippen molar-refractivity contribution in [2.24, 2.45) is 5.92 Å². The summed E-state index contributed by atoms with van der Waals surface area (Å²) in [7, 11) is -2.42. The SMILES string of the molecule is CC=CC(=O)OC1C=CC=C[C@@H]2C[C@@]2(C(=O)NS(=O)(=O)C2CC2)NC(=O)[C@@H]2C[C@@H](Oc3nccc4cc(OC)ccc34)CN2C(=O)[C@@H](NC(=O)OC(C)(C)C)CC1. The minimum atomic E-state index is -3.97. The van der Waals surface area contributed by atoms with Crippen LogP contribution in [-0.4, -0.2) is 102 Å². The topological polar surface area (TPSA) is 209 Å². The average Bonchev–Trinajstić information content (AvgIpc) is 4.07. The predicted molar refractivity (Wildman–Crippen MR) is 207 cm³/mol. The minimum absolute atomic E-state index is 0.0308. The van der Waals surface area contributed by atoms with Crippen LogP contribution in [0, 0.1) is 5.92 Å². The minimum Gasteiger partial charge on any atom is -0.497 e. The maximum atomic E-state index is 14.7. The monoisotopic (exact) mass is 807 g/mol. The zero-order chi connectivity index (χ0) is 41.1. The zero-order valence-electron chi connectivity index (χ0n) is 32.6. The van der Waals surface area contributed by atoms with Gasteiger partial charge in [-0.1, -0.05) is 24.3 Å². The smallest absolute Gasteiger partial charge is 0.408 e. The van der Waals surface area contributed by atoms with Gasteiger partial charge in [0, 0.05) is 30.0 Å². The molecular weight excluding hydrogens is 759 g/mol. The lowest BCUT2D eigenvalue weighted by molar-refractivity contribution is -0.142. The van der Waals surface area contributed by atoms with Gasteiger partial charge in [-0.2, -0.15) is 0 Å². The molecule has 2 aromatic rings. The second kappa shape index (κ2) is 16.6. The molecule has 1 unspecified atom stereocenters. The Morgan fingerprint density at radius 1 is 1.05 bits per heavy atom. The highest BCUT2D eigenvalue weighted by molar-refractivity contribution is 7.91. The number of amides is 4. The number of hydrogen-bond acceptors (Lipinski definition) is 12. The lowest BCUT2D eigenvalue weighted by Crippen LogP contribution is -2.58. The third kappa shape index (κ3) is 9.93. The molecule has 0 radical (unpaired) electrons. The highest BCUT2D eigenvalue weighted by Gasteiger charge is 2.62. The molecule has 4 amide bonds. The molecule has 3 N–H and O–H groups in total. The molecule has 6 rings (SSSR count). The van der Waals surface area contributed by atoms with E-state index < -0.39 is 86.4 Å². The Morgan fingerprint density at radius 2 is 1.81 bits per heavy atom. The third-order valence-electron chi connectivity index (χ3n) is 10.1. The van der Waals surface area contributed by atoms with Crippen molar-refractivity contribution in [2.45, 2.75) is 107 Å². The predicted octanol–water partition coefficient (Wildman–Crippen LogP) is 3.36. The number of carbonyl (C=O) groups excluding carboxylic acids is 5. The van der Waals surface area contributed by atoms with Crippen LogP contribution in [0.25, 0.3) is 10.8 Å². The van der Waals surface area contributed by atoms with Crippen molar-refractivity contribution in [2.75, 3.05) is 13.7 Å². The van der Waals surface area contributed by atoms with Crippen molar-refractivity contribution in [3.05, 3.63) is 66.9 Å². The molecule has 2 aliphatic heterocycles. The molecule has 3 fully saturated rings. The number of esters is 1. The van der Waals surface area contributed by atoms with Crippen LogP contribution in [0.4, 0.5) is 4.79 Å². The van der Waals surface area contributed by atoms with Crippen LogP contribution in [0.5, 0.6) is 11.6 Å². The molecule has 1 aromatic carbocycles. The quantitative estimate of drug-likeness (QED) is 0.246. The summed E-state index contributed by atoms with van der Waals surface area (Å²) in [6.07, 6.45) is 9.28. The number of allylic oxidation sites excluding steroid dienone is 3. The van der Waals surface area contributed by atoms with Gasteiger partial charge in [-0.15, -0.1) is 0 Å². The van der Waals surface area contributed by atoms with Crippen molar-refractivity contribution in [3.8, 4) is 11.6 Å². The van der Waals surface area contributed by atoms with Gasteiger partial charge in [-0.05, 0) is 95.5 Å². The largest absolute Gasteiger partial charge is 0.497 e. The Balaban J connectivity index is 1.36. The van der Waals surface area contributed by atoms with Crippen LogP contribution in [-0.2, 0) is 38.7 Å². The van der Waals surface area contributed by atoms with Crippen LogP contribution in [0.3, 0.4) is 0 Å². The van der Waals surface area contributed by atoms with Crippen LogP contribution in [0.1, 0.15) is 66.2 Å². The summed E-state index contributed by atoms with van der Waals surface area (Å²) in [5.41, 5.74) is -2.54. The lowest BCUT2D eigenvalue weighted by atomic mass is 10.0. The van der Waals surface area contributed by atoms with E-state index in [2.05, 4.69) is 20.3 Å². The average molecular weight is 808 g/mol. The van der Waals surface area contributed by atoms with E-state index in [1.165, 1.54) is 17.1 Å². The van der Waals surface area contributed by atoms with Crippen molar-refractivity contribution in [1.29, 1.82) is 0 Å². The summed E-state index contributed by atoms with van der Waals surface area (Å²) in [5.74, 6) is -2.59. The first-order valence-corrected chi connectivity index (χ1v) is 20.5. The van der Waals surface area contributed by atoms with Gasteiger partial charge in [-0.25, -0.2) is 23.0 Å². The number of hydrogen-bond donors (Lipinski definition) is 3. The van der Waals surface area contributed by atoms with Gasteiger partial charge < -0.3 is 34.5 Å². The van der Waals surface area contributed by atoms with Gasteiger partial charge in [0.15, 0.2) is 0 Å². The number of aromatic nitrogens is 1. The summed E-state index contributed by atoms with van der Waals surface area (Å²) in [6.45, 7) is 6.57. The molecule has 1 aromatic heterocycles. The summed E-state index contributed by atoms with van der Waals surface area (Å²) in [6, 6.07) is 4.67. The molecule has 6 atom stereocenters. The molecule has 16 nitrogen and oxygen atoms in total. The highest BCUT2D eigenvalue weighted by atomic mass is 32.2. The lowest BCUT2D eigenvalue weighted by Gasteiger charge is -2.30. The first kappa shape index (κ1) is 41.2. The van der Waals surface area contributed by atoms with Crippen molar-refractivity contribution >= 4 is 50.6 Å².